The fraction of sp³-hybridized carbons (Fsp3) is 0.579. The molecule has 0 radical (unpaired) electrons. The Morgan fingerprint density at radius 2 is 1.78 bits per heavy atom. The lowest BCUT2D eigenvalue weighted by atomic mass is 10.0. The zero-order valence-corrected chi connectivity index (χ0v) is 17.0. The first-order chi connectivity index (χ1) is 12.4. The molecule has 1 N–H and O–H groups in total. The van der Waals surface area contributed by atoms with Crippen molar-refractivity contribution in [3.05, 3.63) is 35.9 Å². The van der Waals surface area contributed by atoms with Gasteiger partial charge in [-0.2, -0.15) is 4.31 Å². The van der Waals surface area contributed by atoms with Crippen LogP contribution < -0.4 is 0 Å². The van der Waals surface area contributed by atoms with Crippen molar-refractivity contribution in [2.24, 2.45) is 0 Å². The molecule has 8 heteroatoms. The van der Waals surface area contributed by atoms with E-state index in [-0.39, 0.29) is 13.0 Å². The van der Waals surface area contributed by atoms with Gasteiger partial charge in [0.25, 0.3) is 0 Å². The standard InChI is InChI=1S/C19H27NO6S/c1-18(2,3)26-16(21)15-11-8-12-20(15)27(24,25)19(4,17(22)23)13-14-9-6-5-7-10-14/h5-7,9-10,15H,8,11-13H2,1-4H3,(H,22,23)/t15-,19?/m0/s1. The number of benzene rings is 1. The van der Waals surface area contributed by atoms with Crippen molar-refractivity contribution < 1.29 is 27.9 Å². The van der Waals surface area contributed by atoms with Gasteiger partial charge in [-0.1, -0.05) is 30.3 Å². The van der Waals surface area contributed by atoms with Crippen molar-refractivity contribution in [2.45, 2.75) is 63.3 Å². The van der Waals surface area contributed by atoms with Crippen LogP contribution >= 0.6 is 0 Å². The number of ether oxygens (including phenoxy) is 1. The van der Waals surface area contributed by atoms with Gasteiger partial charge in [-0.05, 0) is 46.1 Å². The summed E-state index contributed by atoms with van der Waals surface area (Å²) < 4.78 is 30.9. The summed E-state index contributed by atoms with van der Waals surface area (Å²) >= 11 is 0. The first-order valence-electron chi connectivity index (χ1n) is 8.90. The first-order valence-corrected chi connectivity index (χ1v) is 10.3. The van der Waals surface area contributed by atoms with Crippen LogP contribution in [0.4, 0.5) is 0 Å². The molecule has 27 heavy (non-hydrogen) atoms. The molecular weight excluding hydrogens is 370 g/mol. The number of sulfonamides is 1. The summed E-state index contributed by atoms with van der Waals surface area (Å²) in [6.07, 6.45) is 0.600. The third kappa shape index (κ3) is 4.50. The second-order valence-corrected chi connectivity index (χ2v) is 10.3. The molecule has 1 aromatic carbocycles. The Bertz CT molecular complexity index is 799. The number of hydrogen-bond acceptors (Lipinski definition) is 5. The van der Waals surface area contributed by atoms with Gasteiger partial charge in [0.1, 0.15) is 11.6 Å². The molecule has 1 aromatic rings. The lowest BCUT2D eigenvalue weighted by Gasteiger charge is -2.33. The Labute approximate surface area is 160 Å². The van der Waals surface area contributed by atoms with Gasteiger partial charge >= 0.3 is 11.9 Å². The summed E-state index contributed by atoms with van der Waals surface area (Å²) in [6.45, 7) is 6.41. The lowest BCUT2D eigenvalue weighted by Crippen LogP contribution is -2.56. The fourth-order valence-electron chi connectivity index (χ4n) is 3.15. The van der Waals surface area contributed by atoms with E-state index in [0.29, 0.717) is 18.4 Å². The molecule has 1 aliphatic rings. The van der Waals surface area contributed by atoms with Crippen LogP contribution in [0.5, 0.6) is 0 Å². The Balaban J connectivity index is 2.37. The molecule has 1 unspecified atom stereocenters. The Hall–Kier alpha value is -1.93. The maximum atomic E-state index is 13.3. The van der Waals surface area contributed by atoms with Gasteiger partial charge in [-0.25, -0.2) is 8.42 Å². The summed E-state index contributed by atoms with van der Waals surface area (Å²) in [5.74, 6) is -2.09. The number of aliphatic carboxylic acids is 1. The maximum Gasteiger partial charge on any atom is 0.326 e. The van der Waals surface area contributed by atoms with Crippen LogP contribution in [0.1, 0.15) is 46.1 Å². The van der Waals surface area contributed by atoms with E-state index in [0.717, 1.165) is 4.31 Å². The molecule has 2 rings (SSSR count). The molecule has 0 aliphatic carbocycles. The molecule has 7 nitrogen and oxygen atoms in total. The molecule has 1 heterocycles. The summed E-state index contributed by atoms with van der Waals surface area (Å²) in [5.41, 5.74) is -0.158. The second kappa shape index (κ2) is 7.59. The summed E-state index contributed by atoms with van der Waals surface area (Å²) in [5, 5.41) is 9.78. The van der Waals surface area contributed by atoms with E-state index < -0.39 is 38.4 Å². The minimum atomic E-state index is -4.31. The van der Waals surface area contributed by atoms with Crippen molar-refractivity contribution >= 4 is 22.0 Å². The number of nitrogens with zero attached hydrogens (tertiary/aromatic N) is 1. The highest BCUT2D eigenvalue weighted by molar-refractivity contribution is 7.91. The quantitative estimate of drug-likeness (QED) is 0.739. The predicted molar refractivity (Wildman–Crippen MR) is 101 cm³/mol. The third-order valence-corrected chi connectivity index (χ3v) is 7.11. The number of esters is 1. The maximum absolute atomic E-state index is 13.3. The predicted octanol–water partition coefficient (Wildman–Crippen LogP) is 2.21. The number of carbonyl (C=O) groups excluding carboxylic acids is 1. The summed E-state index contributed by atoms with van der Waals surface area (Å²) in [6, 6.07) is 7.60. The van der Waals surface area contributed by atoms with E-state index in [1.165, 1.54) is 6.92 Å². The second-order valence-electron chi connectivity index (χ2n) is 8.01. The van der Waals surface area contributed by atoms with Crippen LogP contribution in [0.2, 0.25) is 0 Å². The number of carboxylic acid groups (broad SMARTS) is 1. The van der Waals surface area contributed by atoms with Crippen LogP contribution in [0.3, 0.4) is 0 Å². The smallest absolute Gasteiger partial charge is 0.326 e. The van der Waals surface area contributed by atoms with E-state index in [1.54, 1.807) is 51.1 Å². The topological polar surface area (TPSA) is 101 Å². The molecule has 0 aromatic heterocycles. The highest BCUT2D eigenvalue weighted by atomic mass is 32.2. The Kier molecular flexibility index (Phi) is 6.01. The van der Waals surface area contributed by atoms with Crippen LogP contribution in [0.15, 0.2) is 30.3 Å². The summed E-state index contributed by atoms with van der Waals surface area (Å²) in [4.78, 5) is 24.5. The van der Waals surface area contributed by atoms with E-state index in [9.17, 15) is 23.1 Å². The van der Waals surface area contributed by atoms with Crippen molar-refractivity contribution in [2.75, 3.05) is 6.54 Å². The van der Waals surface area contributed by atoms with Gasteiger partial charge in [0, 0.05) is 13.0 Å². The van der Waals surface area contributed by atoms with Gasteiger partial charge in [0.05, 0.1) is 0 Å². The zero-order valence-electron chi connectivity index (χ0n) is 16.1. The molecule has 0 spiro atoms. The first kappa shape index (κ1) is 21.4. The highest BCUT2D eigenvalue weighted by Crippen LogP contribution is 2.33. The van der Waals surface area contributed by atoms with E-state index >= 15 is 0 Å². The molecule has 1 aliphatic heterocycles. The van der Waals surface area contributed by atoms with Gasteiger partial charge in [0.15, 0.2) is 4.75 Å². The molecule has 1 fully saturated rings. The van der Waals surface area contributed by atoms with Crippen molar-refractivity contribution in [3.8, 4) is 0 Å². The van der Waals surface area contributed by atoms with Gasteiger partial charge < -0.3 is 9.84 Å². The van der Waals surface area contributed by atoms with Crippen LogP contribution in [0, 0.1) is 0 Å². The monoisotopic (exact) mass is 397 g/mol. The van der Waals surface area contributed by atoms with Crippen molar-refractivity contribution in [1.29, 1.82) is 0 Å². The SMILES string of the molecule is CC(C)(C)OC(=O)[C@@H]1CCCN1S(=O)(=O)C(C)(Cc1ccccc1)C(=O)O. The number of rotatable bonds is 6. The fourth-order valence-corrected chi connectivity index (χ4v) is 5.14. The number of carbonyl (C=O) groups is 2. The van der Waals surface area contributed by atoms with Gasteiger partial charge in [0.2, 0.25) is 10.0 Å². The van der Waals surface area contributed by atoms with Crippen LogP contribution in [0.25, 0.3) is 0 Å². The van der Waals surface area contributed by atoms with Crippen LogP contribution in [-0.4, -0.2) is 52.7 Å². The lowest BCUT2D eigenvalue weighted by molar-refractivity contribution is -0.159. The van der Waals surface area contributed by atoms with E-state index in [1.807, 2.05) is 0 Å². The number of hydrogen-bond donors (Lipinski definition) is 1. The highest BCUT2D eigenvalue weighted by Gasteiger charge is 2.54. The van der Waals surface area contributed by atoms with E-state index in [2.05, 4.69) is 0 Å². The minimum Gasteiger partial charge on any atom is -0.480 e. The molecule has 0 saturated carbocycles. The van der Waals surface area contributed by atoms with Gasteiger partial charge in [-0.3, -0.25) is 9.59 Å². The van der Waals surface area contributed by atoms with Gasteiger partial charge in [-0.15, -0.1) is 0 Å². The molecule has 0 bridgehead atoms. The average molecular weight is 397 g/mol. The van der Waals surface area contributed by atoms with E-state index in [4.69, 9.17) is 4.74 Å². The Morgan fingerprint density at radius 3 is 2.30 bits per heavy atom. The van der Waals surface area contributed by atoms with Crippen molar-refractivity contribution in [1.82, 2.24) is 4.31 Å². The van der Waals surface area contributed by atoms with Crippen molar-refractivity contribution in [3.63, 3.8) is 0 Å². The molecule has 1 saturated heterocycles. The normalized spacial score (nSPS) is 20.8. The Morgan fingerprint density at radius 1 is 1.19 bits per heavy atom. The molecule has 0 amide bonds. The summed E-state index contributed by atoms with van der Waals surface area (Å²) in [7, 11) is -4.31. The van der Waals surface area contributed by atoms with Crippen LogP contribution in [-0.2, 0) is 30.8 Å². The largest absolute Gasteiger partial charge is 0.480 e. The third-order valence-electron chi connectivity index (χ3n) is 4.60. The molecule has 150 valence electrons. The zero-order chi connectivity index (χ0) is 20.5. The molecular formula is C19H27NO6S. The molecule has 2 atom stereocenters. The number of carboxylic acids is 1. The average Bonchev–Trinajstić information content (AvgIpc) is 3.04. The minimum absolute atomic E-state index is 0.101.